The van der Waals surface area contributed by atoms with Crippen molar-refractivity contribution in [2.45, 2.75) is 32.1 Å². The minimum absolute atomic E-state index is 0.234. The molecule has 1 aromatic carbocycles. The molecular weight excluding hydrogens is 275 g/mol. The maximum absolute atomic E-state index is 13.8. The topological polar surface area (TPSA) is 63.5 Å². The molecule has 0 N–H and O–H groups in total. The van der Waals surface area contributed by atoms with Gasteiger partial charge in [0.15, 0.2) is 0 Å². The van der Waals surface area contributed by atoms with Gasteiger partial charge >= 0.3 is 0 Å². The second-order valence-corrected chi connectivity index (χ2v) is 5.61. The van der Waals surface area contributed by atoms with Gasteiger partial charge in [0.25, 0.3) is 11.6 Å². The monoisotopic (exact) mass is 294 g/mol. The number of amides is 1. The van der Waals surface area contributed by atoms with Crippen LogP contribution in [0.15, 0.2) is 18.2 Å². The molecule has 1 aliphatic rings. The summed E-state index contributed by atoms with van der Waals surface area (Å²) in [6.45, 7) is 0.570. The van der Waals surface area contributed by atoms with Crippen molar-refractivity contribution >= 4 is 11.6 Å². The molecule has 0 aromatic heterocycles. The van der Waals surface area contributed by atoms with Crippen LogP contribution in [-0.2, 0) is 0 Å². The van der Waals surface area contributed by atoms with E-state index in [0.717, 1.165) is 43.9 Å². The molecule has 1 amide bonds. The summed E-state index contributed by atoms with van der Waals surface area (Å²) in [5, 5.41) is 10.7. The predicted molar refractivity (Wildman–Crippen MR) is 76.6 cm³/mol. The zero-order valence-electron chi connectivity index (χ0n) is 12.0. The van der Waals surface area contributed by atoms with Gasteiger partial charge in [0.2, 0.25) is 0 Å². The number of rotatable bonds is 4. The van der Waals surface area contributed by atoms with E-state index in [0.29, 0.717) is 12.5 Å². The van der Waals surface area contributed by atoms with Crippen molar-refractivity contribution in [3.05, 3.63) is 39.7 Å². The molecule has 0 spiro atoms. The first kappa shape index (κ1) is 15.4. The summed E-state index contributed by atoms with van der Waals surface area (Å²) in [6, 6.07) is 3.04. The van der Waals surface area contributed by atoms with Crippen molar-refractivity contribution in [3.63, 3.8) is 0 Å². The van der Waals surface area contributed by atoms with E-state index in [1.165, 1.54) is 11.3 Å². The summed E-state index contributed by atoms with van der Waals surface area (Å²) >= 11 is 0. The molecule has 0 atom stereocenters. The third kappa shape index (κ3) is 3.77. The van der Waals surface area contributed by atoms with Crippen LogP contribution in [0.2, 0.25) is 0 Å². The van der Waals surface area contributed by atoms with Crippen LogP contribution in [0.4, 0.5) is 10.1 Å². The second kappa shape index (κ2) is 6.65. The predicted octanol–water partition coefficient (Wildman–Crippen LogP) is 3.39. The van der Waals surface area contributed by atoms with Crippen LogP contribution in [0.3, 0.4) is 0 Å². The second-order valence-electron chi connectivity index (χ2n) is 5.61. The molecular formula is C15H19FN2O3. The van der Waals surface area contributed by atoms with Crippen molar-refractivity contribution < 1.29 is 14.1 Å². The van der Waals surface area contributed by atoms with E-state index in [4.69, 9.17) is 0 Å². The third-order valence-electron chi connectivity index (χ3n) is 3.99. The minimum Gasteiger partial charge on any atom is -0.341 e. The number of halogens is 1. The number of nitrogens with zero attached hydrogens (tertiary/aromatic N) is 2. The Hall–Kier alpha value is -1.98. The van der Waals surface area contributed by atoms with Gasteiger partial charge in [-0.2, -0.15) is 0 Å². The summed E-state index contributed by atoms with van der Waals surface area (Å²) in [6.07, 6.45) is 5.72. The Morgan fingerprint density at radius 2 is 2.05 bits per heavy atom. The Morgan fingerprint density at radius 3 is 2.67 bits per heavy atom. The molecule has 1 fully saturated rings. The molecule has 0 bridgehead atoms. The highest BCUT2D eigenvalue weighted by molar-refractivity contribution is 5.95. The van der Waals surface area contributed by atoms with Crippen molar-refractivity contribution in [3.8, 4) is 0 Å². The largest absolute Gasteiger partial charge is 0.341 e. The van der Waals surface area contributed by atoms with Crippen molar-refractivity contribution in [1.29, 1.82) is 0 Å². The number of benzene rings is 1. The first-order chi connectivity index (χ1) is 9.99. The maximum Gasteiger partial charge on any atom is 0.270 e. The highest BCUT2D eigenvalue weighted by Crippen LogP contribution is 2.25. The van der Waals surface area contributed by atoms with Gasteiger partial charge in [0, 0.05) is 25.7 Å². The van der Waals surface area contributed by atoms with Crippen molar-refractivity contribution in [2.24, 2.45) is 5.92 Å². The van der Waals surface area contributed by atoms with Crippen molar-refractivity contribution in [1.82, 2.24) is 4.90 Å². The lowest BCUT2D eigenvalue weighted by atomic mass is 9.89. The lowest BCUT2D eigenvalue weighted by Gasteiger charge is -2.27. The SMILES string of the molecule is CN(CC1CCCCC1)C(=O)c1cc([N+](=O)[O-])ccc1F. The van der Waals surface area contributed by atoms with Gasteiger partial charge in [-0.1, -0.05) is 19.3 Å². The Labute approximate surface area is 122 Å². The molecule has 1 aliphatic carbocycles. The van der Waals surface area contributed by atoms with E-state index >= 15 is 0 Å². The highest BCUT2D eigenvalue weighted by Gasteiger charge is 2.23. The molecule has 0 unspecified atom stereocenters. The van der Waals surface area contributed by atoms with Crippen molar-refractivity contribution in [2.75, 3.05) is 13.6 Å². The number of nitro benzene ring substituents is 1. The van der Waals surface area contributed by atoms with Gasteiger partial charge in [0.05, 0.1) is 10.5 Å². The highest BCUT2D eigenvalue weighted by atomic mass is 19.1. The number of non-ortho nitro benzene ring substituents is 1. The quantitative estimate of drug-likeness (QED) is 0.631. The van der Waals surface area contributed by atoms with Gasteiger partial charge in [0.1, 0.15) is 5.82 Å². The van der Waals surface area contributed by atoms with Gasteiger partial charge < -0.3 is 4.90 Å². The minimum atomic E-state index is -0.721. The Balaban J connectivity index is 2.10. The molecule has 0 heterocycles. The van der Waals surface area contributed by atoms with E-state index in [-0.39, 0.29) is 11.3 Å². The first-order valence-electron chi connectivity index (χ1n) is 7.18. The lowest BCUT2D eigenvalue weighted by molar-refractivity contribution is -0.384. The van der Waals surface area contributed by atoms with Crippen LogP contribution >= 0.6 is 0 Å². The van der Waals surface area contributed by atoms with Crippen LogP contribution in [0.25, 0.3) is 0 Å². The van der Waals surface area contributed by atoms with E-state index in [9.17, 15) is 19.3 Å². The number of hydrogen-bond acceptors (Lipinski definition) is 3. The molecule has 2 rings (SSSR count). The molecule has 6 heteroatoms. The summed E-state index contributed by atoms with van der Waals surface area (Å²) in [4.78, 5) is 23.9. The molecule has 0 saturated heterocycles. The Morgan fingerprint density at radius 1 is 1.38 bits per heavy atom. The molecule has 0 radical (unpaired) electrons. The number of nitro groups is 1. The zero-order chi connectivity index (χ0) is 15.4. The zero-order valence-corrected chi connectivity index (χ0v) is 12.0. The number of hydrogen-bond donors (Lipinski definition) is 0. The van der Waals surface area contributed by atoms with Crippen LogP contribution in [-0.4, -0.2) is 29.3 Å². The summed E-state index contributed by atoms with van der Waals surface area (Å²) in [5.41, 5.74) is -0.506. The molecule has 0 aliphatic heterocycles. The fourth-order valence-corrected chi connectivity index (χ4v) is 2.84. The number of carbonyl (C=O) groups excluding carboxylic acids is 1. The van der Waals surface area contributed by atoms with E-state index in [1.54, 1.807) is 7.05 Å². The smallest absolute Gasteiger partial charge is 0.270 e. The van der Waals surface area contributed by atoms with Crippen LogP contribution in [0.5, 0.6) is 0 Å². The number of carbonyl (C=O) groups is 1. The van der Waals surface area contributed by atoms with E-state index in [1.807, 2.05) is 0 Å². The van der Waals surface area contributed by atoms with Crippen LogP contribution < -0.4 is 0 Å². The van der Waals surface area contributed by atoms with E-state index in [2.05, 4.69) is 0 Å². The average molecular weight is 294 g/mol. The van der Waals surface area contributed by atoms with Gasteiger partial charge in [-0.15, -0.1) is 0 Å². The molecule has 5 nitrogen and oxygen atoms in total. The molecule has 21 heavy (non-hydrogen) atoms. The maximum atomic E-state index is 13.8. The van der Waals surface area contributed by atoms with Gasteiger partial charge in [-0.05, 0) is 24.8 Å². The van der Waals surface area contributed by atoms with Gasteiger partial charge in [-0.25, -0.2) is 4.39 Å². The normalized spacial score (nSPS) is 15.7. The Kier molecular flexibility index (Phi) is 4.88. The summed E-state index contributed by atoms with van der Waals surface area (Å²) < 4.78 is 13.8. The lowest BCUT2D eigenvalue weighted by Crippen LogP contribution is -2.33. The van der Waals surface area contributed by atoms with Gasteiger partial charge in [-0.3, -0.25) is 14.9 Å². The fraction of sp³-hybridized carbons (Fsp3) is 0.533. The Bertz CT molecular complexity index is 542. The fourth-order valence-electron chi connectivity index (χ4n) is 2.84. The standard InChI is InChI=1S/C15H19FN2O3/c1-17(10-11-5-3-2-4-6-11)15(19)13-9-12(18(20)21)7-8-14(13)16/h7-9,11H,2-6,10H2,1H3. The van der Waals surface area contributed by atoms with E-state index < -0.39 is 16.6 Å². The molecule has 1 aromatic rings. The van der Waals surface area contributed by atoms with Crippen LogP contribution in [0, 0.1) is 21.8 Å². The molecule has 1 saturated carbocycles. The van der Waals surface area contributed by atoms with Crippen LogP contribution in [0.1, 0.15) is 42.5 Å². The first-order valence-corrected chi connectivity index (χ1v) is 7.18. The summed E-state index contributed by atoms with van der Waals surface area (Å²) in [5.74, 6) is -0.780. The molecule has 114 valence electrons. The third-order valence-corrected chi connectivity index (χ3v) is 3.99. The average Bonchev–Trinajstić information content (AvgIpc) is 2.47. The summed E-state index contributed by atoms with van der Waals surface area (Å²) in [7, 11) is 1.62.